The highest BCUT2D eigenvalue weighted by atomic mass is 32.1. The van der Waals surface area contributed by atoms with Crippen molar-refractivity contribution in [1.29, 1.82) is 0 Å². The Labute approximate surface area is 138 Å². The molecule has 0 bridgehead atoms. The van der Waals surface area contributed by atoms with Crippen LogP contribution in [-0.2, 0) is 4.79 Å². The number of carbonyl (C=O) groups excluding carboxylic acids is 2. The molecular formula is C15H21N3O4S. The number of hydrogen-bond donors (Lipinski definition) is 2. The fourth-order valence-electron chi connectivity index (χ4n) is 2.36. The number of aliphatic carboxylic acids is 1. The van der Waals surface area contributed by atoms with E-state index in [-0.39, 0.29) is 18.4 Å². The molecule has 0 saturated carbocycles. The Bertz CT molecular complexity index is 579. The topological polar surface area (TPSA) is 90.0 Å². The van der Waals surface area contributed by atoms with E-state index < -0.39 is 5.97 Å². The second kappa shape index (κ2) is 7.96. The van der Waals surface area contributed by atoms with Gasteiger partial charge in [-0.3, -0.25) is 9.59 Å². The number of carboxylic acid groups (broad SMARTS) is 1. The largest absolute Gasteiger partial charge is 0.481 e. The minimum atomic E-state index is -0.866. The van der Waals surface area contributed by atoms with Crippen LogP contribution in [0.1, 0.15) is 27.4 Å². The number of carbonyl (C=O) groups is 3. The molecule has 0 radical (unpaired) electrons. The van der Waals surface area contributed by atoms with Crippen LogP contribution in [0.15, 0.2) is 12.1 Å². The second-order valence-electron chi connectivity index (χ2n) is 5.42. The number of piperazine rings is 1. The molecule has 1 saturated heterocycles. The molecule has 2 rings (SSSR count). The maximum Gasteiger partial charge on any atom is 0.317 e. The highest BCUT2D eigenvalue weighted by molar-refractivity contribution is 7.13. The van der Waals surface area contributed by atoms with Crippen LogP contribution in [0.5, 0.6) is 0 Å². The van der Waals surface area contributed by atoms with Crippen LogP contribution in [0, 0.1) is 6.92 Å². The molecule has 1 fully saturated rings. The zero-order valence-corrected chi connectivity index (χ0v) is 13.9. The van der Waals surface area contributed by atoms with E-state index in [1.165, 1.54) is 11.3 Å². The number of carboxylic acids is 1. The summed E-state index contributed by atoms with van der Waals surface area (Å²) >= 11 is 1.48. The number of thiophene rings is 1. The van der Waals surface area contributed by atoms with E-state index in [1.807, 2.05) is 19.1 Å². The van der Waals surface area contributed by atoms with E-state index in [0.717, 1.165) is 9.75 Å². The summed E-state index contributed by atoms with van der Waals surface area (Å²) in [6.07, 6.45) is 0.458. The van der Waals surface area contributed by atoms with Crippen molar-refractivity contribution in [2.24, 2.45) is 0 Å². The van der Waals surface area contributed by atoms with Crippen molar-refractivity contribution in [3.63, 3.8) is 0 Å². The van der Waals surface area contributed by atoms with Gasteiger partial charge in [-0.05, 0) is 25.5 Å². The molecule has 1 aliphatic heterocycles. The Morgan fingerprint density at radius 1 is 1.17 bits per heavy atom. The normalized spacial score (nSPS) is 14.7. The first-order chi connectivity index (χ1) is 11.0. The molecule has 1 aromatic heterocycles. The maximum atomic E-state index is 12.3. The Morgan fingerprint density at radius 2 is 1.83 bits per heavy atom. The van der Waals surface area contributed by atoms with Crippen molar-refractivity contribution < 1.29 is 19.5 Å². The molecule has 7 nitrogen and oxygen atoms in total. The first-order valence-corrected chi connectivity index (χ1v) is 8.39. The Hall–Kier alpha value is -2.09. The minimum Gasteiger partial charge on any atom is -0.481 e. The summed E-state index contributed by atoms with van der Waals surface area (Å²) in [5, 5.41) is 11.3. The minimum absolute atomic E-state index is 0.0182. The highest BCUT2D eigenvalue weighted by Crippen LogP contribution is 2.18. The van der Waals surface area contributed by atoms with Crippen LogP contribution in [-0.4, -0.2) is 65.5 Å². The van der Waals surface area contributed by atoms with Crippen molar-refractivity contribution in [2.75, 3.05) is 32.7 Å². The van der Waals surface area contributed by atoms with E-state index in [1.54, 1.807) is 9.80 Å². The Morgan fingerprint density at radius 3 is 2.39 bits per heavy atom. The molecular weight excluding hydrogens is 318 g/mol. The van der Waals surface area contributed by atoms with Gasteiger partial charge in [0.25, 0.3) is 5.91 Å². The summed E-state index contributed by atoms with van der Waals surface area (Å²) in [5.41, 5.74) is 0. The summed E-state index contributed by atoms with van der Waals surface area (Å²) in [6, 6.07) is 3.57. The molecule has 2 N–H and O–H groups in total. The van der Waals surface area contributed by atoms with E-state index in [9.17, 15) is 14.4 Å². The first kappa shape index (κ1) is 17.3. The zero-order chi connectivity index (χ0) is 16.8. The van der Waals surface area contributed by atoms with Crippen molar-refractivity contribution in [2.45, 2.75) is 19.8 Å². The fourth-order valence-corrected chi connectivity index (χ4v) is 3.20. The first-order valence-electron chi connectivity index (χ1n) is 7.57. The molecule has 0 aromatic carbocycles. The van der Waals surface area contributed by atoms with Gasteiger partial charge in [-0.25, -0.2) is 4.79 Å². The van der Waals surface area contributed by atoms with Crippen molar-refractivity contribution in [3.05, 3.63) is 21.9 Å². The smallest absolute Gasteiger partial charge is 0.317 e. The van der Waals surface area contributed by atoms with Crippen LogP contribution >= 0.6 is 11.3 Å². The molecule has 2 heterocycles. The van der Waals surface area contributed by atoms with Crippen LogP contribution in [0.4, 0.5) is 4.79 Å². The van der Waals surface area contributed by atoms with Gasteiger partial charge in [0.2, 0.25) is 0 Å². The van der Waals surface area contributed by atoms with Gasteiger partial charge < -0.3 is 20.2 Å². The number of nitrogens with zero attached hydrogens (tertiary/aromatic N) is 2. The van der Waals surface area contributed by atoms with Crippen LogP contribution in [0.2, 0.25) is 0 Å². The summed E-state index contributed by atoms with van der Waals surface area (Å²) in [6.45, 7) is 4.31. The Balaban J connectivity index is 1.74. The van der Waals surface area contributed by atoms with Gasteiger partial charge in [0.05, 0.1) is 4.88 Å². The average molecular weight is 339 g/mol. The monoisotopic (exact) mass is 339 g/mol. The third kappa shape index (κ3) is 4.95. The fraction of sp³-hybridized carbons (Fsp3) is 0.533. The molecule has 1 aliphatic rings. The van der Waals surface area contributed by atoms with Gasteiger partial charge in [-0.1, -0.05) is 0 Å². The number of aryl methyl sites for hydroxylation is 1. The summed E-state index contributed by atoms with van der Waals surface area (Å²) in [5.74, 6) is -0.847. The zero-order valence-electron chi connectivity index (χ0n) is 13.1. The lowest BCUT2D eigenvalue weighted by Gasteiger charge is -2.34. The van der Waals surface area contributed by atoms with Gasteiger partial charge in [0, 0.05) is 44.0 Å². The van der Waals surface area contributed by atoms with E-state index in [0.29, 0.717) is 39.1 Å². The highest BCUT2D eigenvalue weighted by Gasteiger charge is 2.25. The lowest BCUT2D eigenvalue weighted by atomic mass is 10.3. The number of urea groups is 1. The lowest BCUT2D eigenvalue weighted by Crippen LogP contribution is -2.53. The second-order valence-corrected chi connectivity index (χ2v) is 6.71. The van der Waals surface area contributed by atoms with Gasteiger partial charge in [-0.15, -0.1) is 11.3 Å². The van der Waals surface area contributed by atoms with E-state index in [4.69, 9.17) is 5.11 Å². The summed E-state index contributed by atoms with van der Waals surface area (Å²) in [7, 11) is 0. The van der Waals surface area contributed by atoms with Crippen molar-refractivity contribution in [1.82, 2.24) is 15.1 Å². The molecule has 1 aromatic rings. The molecule has 3 amide bonds. The predicted molar refractivity (Wildman–Crippen MR) is 86.8 cm³/mol. The van der Waals surface area contributed by atoms with Gasteiger partial charge >= 0.3 is 12.0 Å². The summed E-state index contributed by atoms with van der Waals surface area (Å²) < 4.78 is 0. The van der Waals surface area contributed by atoms with Crippen molar-refractivity contribution >= 4 is 29.2 Å². The Kier molecular flexibility index (Phi) is 5.97. The third-order valence-electron chi connectivity index (χ3n) is 3.65. The van der Waals surface area contributed by atoms with Crippen molar-refractivity contribution in [3.8, 4) is 0 Å². The third-order valence-corrected chi connectivity index (χ3v) is 4.64. The number of rotatable bonds is 5. The maximum absolute atomic E-state index is 12.3. The molecule has 0 aliphatic carbocycles. The summed E-state index contributed by atoms with van der Waals surface area (Å²) in [4.78, 5) is 39.9. The SMILES string of the molecule is Cc1ccc(C(=O)N2CCN(C(=O)NCCCC(=O)O)CC2)s1. The molecule has 0 atom stereocenters. The molecule has 23 heavy (non-hydrogen) atoms. The van der Waals surface area contributed by atoms with Crippen LogP contribution in [0.25, 0.3) is 0 Å². The number of hydrogen-bond acceptors (Lipinski definition) is 4. The molecule has 0 unspecified atom stereocenters. The number of nitrogens with one attached hydrogen (secondary N) is 1. The van der Waals surface area contributed by atoms with Gasteiger partial charge in [0.1, 0.15) is 0 Å². The molecule has 0 spiro atoms. The van der Waals surface area contributed by atoms with E-state index in [2.05, 4.69) is 5.32 Å². The predicted octanol–water partition coefficient (Wildman–Crippen LogP) is 1.39. The lowest BCUT2D eigenvalue weighted by molar-refractivity contribution is -0.137. The average Bonchev–Trinajstić information content (AvgIpc) is 2.97. The molecule has 126 valence electrons. The van der Waals surface area contributed by atoms with Gasteiger partial charge in [-0.2, -0.15) is 0 Å². The van der Waals surface area contributed by atoms with Crippen LogP contribution in [0.3, 0.4) is 0 Å². The van der Waals surface area contributed by atoms with Gasteiger partial charge in [0.15, 0.2) is 0 Å². The quantitative estimate of drug-likeness (QED) is 0.793. The standard InChI is InChI=1S/C15H21N3O4S/c1-11-4-5-12(23-11)14(21)17-7-9-18(10-8-17)15(22)16-6-2-3-13(19)20/h4-5H,2-3,6-10H2,1H3,(H,16,22)(H,19,20). The van der Waals surface area contributed by atoms with Crippen LogP contribution < -0.4 is 5.32 Å². The van der Waals surface area contributed by atoms with E-state index >= 15 is 0 Å². The molecule has 8 heteroatoms. The number of amides is 3.